The Kier molecular flexibility index (Phi) is 7.19. The van der Waals surface area contributed by atoms with Crippen LogP contribution < -0.4 is 9.47 Å². The minimum absolute atomic E-state index is 0.0160. The zero-order valence-corrected chi connectivity index (χ0v) is 19.3. The normalized spacial score (nSPS) is 12.7. The SMILES string of the molecule is CCC(C)N(Cc1nc(-c2ccc(OC)cc2)no1)S(=O)(=O)c1cc(Cl)ccc1OC. The number of sulfonamides is 1. The van der Waals surface area contributed by atoms with E-state index in [0.29, 0.717) is 23.0 Å². The third-order valence-corrected chi connectivity index (χ3v) is 7.12. The van der Waals surface area contributed by atoms with E-state index in [0.717, 1.165) is 5.56 Å². The Bertz CT molecular complexity index is 1130. The lowest BCUT2D eigenvalue weighted by molar-refractivity contribution is 0.271. The second-order valence-corrected chi connectivity index (χ2v) is 9.14. The van der Waals surface area contributed by atoms with Crippen molar-refractivity contribution in [3.8, 4) is 22.9 Å². The molecule has 0 bridgehead atoms. The van der Waals surface area contributed by atoms with Crippen molar-refractivity contribution in [2.24, 2.45) is 0 Å². The smallest absolute Gasteiger partial charge is 0.247 e. The highest BCUT2D eigenvalue weighted by atomic mass is 35.5. The van der Waals surface area contributed by atoms with Gasteiger partial charge in [-0.1, -0.05) is 23.7 Å². The van der Waals surface area contributed by atoms with Crippen LogP contribution in [0.3, 0.4) is 0 Å². The fraction of sp³-hybridized carbons (Fsp3) is 0.333. The van der Waals surface area contributed by atoms with Crippen LogP contribution >= 0.6 is 11.6 Å². The van der Waals surface area contributed by atoms with Crippen molar-refractivity contribution in [1.29, 1.82) is 0 Å². The molecule has 0 aliphatic carbocycles. The maximum Gasteiger partial charge on any atom is 0.247 e. The Morgan fingerprint density at radius 3 is 2.45 bits per heavy atom. The zero-order chi connectivity index (χ0) is 22.6. The molecule has 1 heterocycles. The highest BCUT2D eigenvalue weighted by Gasteiger charge is 2.33. The number of hydrogen-bond donors (Lipinski definition) is 0. The molecule has 0 radical (unpaired) electrons. The van der Waals surface area contributed by atoms with E-state index in [1.807, 2.05) is 13.8 Å². The Morgan fingerprint density at radius 2 is 1.84 bits per heavy atom. The molecule has 3 aromatic rings. The van der Waals surface area contributed by atoms with Gasteiger partial charge in [-0.2, -0.15) is 9.29 Å². The fourth-order valence-corrected chi connectivity index (χ4v) is 5.04. The summed E-state index contributed by atoms with van der Waals surface area (Å²) in [5.74, 6) is 1.45. The fourth-order valence-electron chi connectivity index (χ4n) is 2.97. The summed E-state index contributed by atoms with van der Waals surface area (Å²) in [4.78, 5) is 4.36. The van der Waals surface area contributed by atoms with Crippen molar-refractivity contribution < 1.29 is 22.4 Å². The minimum Gasteiger partial charge on any atom is -0.497 e. The van der Waals surface area contributed by atoms with Gasteiger partial charge >= 0.3 is 0 Å². The van der Waals surface area contributed by atoms with Crippen LogP contribution in [0.15, 0.2) is 51.9 Å². The van der Waals surface area contributed by atoms with Gasteiger partial charge in [-0.25, -0.2) is 8.42 Å². The summed E-state index contributed by atoms with van der Waals surface area (Å²) in [5, 5.41) is 4.28. The molecule has 1 atom stereocenters. The highest BCUT2D eigenvalue weighted by molar-refractivity contribution is 7.89. The molecule has 2 aromatic carbocycles. The Morgan fingerprint density at radius 1 is 1.13 bits per heavy atom. The molecule has 0 N–H and O–H groups in total. The standard InChI is InChI=1S/C21H24ClN3O5S/c1-5-14(2)25(31(26,27)19-12-16(22)8-11-18(19)29-4)13-20-23-21(24-30-20)15-6-9-17(28-3)10-7-15/h6-12,14H,5,13H2,1-4H3. The average molecular weight is 466 g/mol. The van der Waals surface area contributed by atoms with Crippen LogP contribution in [-0.4, -0.2) is 43.1 Å². The van der Waals surface area contributed by atoms with Crippen LogP contribution in [0, 0.1) is 0 Å². The Labute approximate surface area is 186 Å². The molecular formula is C21H24ClN3O5S. The summed E-state index contributed by atoms with van der Waals surface area (Å²) in [5.41, 5.74) is 0.727. The number of rotatable bonds is 9. The molecule has 0 fully saturated rings. The van der Waals surface area contributed by atoms with E-state index in [1.165, 1.54) is 23.5 Å². The second kappa shape index (κ2) is 9.67. The largest absolute Gasteiger partial charge is 0.497 e. The number of methoxy groups -OCH3 is 2. The van der Waals surface area contributed by atoms with Gasteiger partial charge in [0.1, 0.15) is 16.4 Å². The first-order valence-electron chi connectivity index (χ1n) is 9.62. The van der Waals surface area contributed by atoms with E-state index >= 15 is 0 Å². The molecule has 0 saturated carbocycles. The summed E-state index contributed by atoms with van der Waals surface area (Å²) in [7, 11) is -0.965. The van der Waals surface area contributed by atoms with Crippen molar-refractivity contribution in [2.45, 2.75) is 37.8 Å². The zero-order valence-electron chi connectivity index (χ0n) is 17.7. The van der Waals surface area contributed by atoms with Crippen LogP contribution in [0.25, 0.3) is 11.4 Å². The number of nitrogens with zero attached hydrogens (tertiary/aromatic N) is 3. The summed E-state index contributed by atoms with van der Waals surface area (Å²) >= 11 is 6.06. The lowest BCUT2D eigenvalue weighted by atomic mass is 10.2. The lowest BCUT2D eigenvalue weighted by Gasteiger charge is -2.27. The first kappa shape index (κ1) is 23.1. The van der Waals surface area contributed by atoms with E-state index < -0.39 is 10.0 Å². The molecule has 10 heteroatoms. The summed E-state index contributed by atoms with van der Waals surface area (Å²) in [6.45, 7) is 3.63. The van der Waals surface area contributed by atoms with Crippen molar-refractivity contribution in [1.82, 2.24) is 14.4 Å². The molecule has 8 nitrogen and oxygen atoms in total. The monoisotopic (exact) mass is 465 g/mol. The number of halogens is 1. The first-order valence-corrected chi connectivity index (χ1v) is 11.4. The molecule has 166 valence electrons. The summed E-state index contributed by atoms with van der Waals surface area (Å²) < 4.78 is 44.1. The van der Waals surface area contributed by atoms with Gasteiger partial charge in [0, 0.05) is 16.6 Å². The van der Waals surface area contributed by atoms with Crippen LogP contribution in [0.5, 0.6) is 11.5 Å². The molecule has 0 saturated heterocycles. The van der Waals surface area contributed by atoms with Gasteiger partial charge in [-0.05, 0) is 55.8 Å². The Hall–Kier alpha value is -2.62. The maximum absolute atomic E-state index is 13.5. The second-order valence-electron chi connectivity index (χ2n) is 6.84. The van der Waals surface area contributed by atoms with Crippen LogP contribution in [0.1, 0.15) is 26.2 Å². The van der Waals surface area contributed by atoms with Crippen molar-refractivity contribution >= 4 is 21.6 Å². The molecular weight excluding hydrogens is 442 g/mol. The van der Waals surface area contributed by atoms with E-state index in [-0.39, 0.29) is 29.1 Å². The van der Waals surface area contributed by atoms with Crippen molar-refractivity contribution in [3.05, 3.63) is 53.4 Å². The first-order chi connectivity index (χ1) is 14.8. The molecule has 0 spiro atoms. The molecule has 0 amide bonds. The van der Waals surface area contributed by atoms with Crippen molar-refractivity contribution in [3.63, 3.8) is 0 Å². The third kappa shape index (κ3) is 5.00. The van der Waals surface area contributed by atoms with Gasteiger partial charge in [0.15, 0.2) is 0 Å². The quantitative estimate of drug-likeness (QED) is 0.462. The van der Waals surface area contributed by atoms with Crippen LogP contribution in [0.2, 0.25) is 5.02 Å². The molecule has 0 aliphatic rings. The van der Waals surface area contributed by atoms with E-state index in [9.17, 15) is 8.42 Å². The van der Waals surface area contributed by atoms with Crippen LogP contribution in [0.4, 0.5) is 0 Å². The molecule has 3 rings (SSSR count). The van der Waals surface area contributed by atoms with E-state index in [4.69, 9.17) is 25.6 Å². The highest BCUT2D eigenvalue weighted by Crippen LogP contribution is 2.32. The summed E-state index contributed by atoms with van der Waals surface area (Å²) in [6.07, 6.45) is 0.585. The van der Waals surface area contributed by atoms with Gasteiger partial charge in [0.2, 0.25) is 21.7 Å². The minimum atomic E-state index is -3.96. The number of aromatic nitrogens is 2. The number of hydrogen-bond acceptors (Lipinski definition) is 7. The van der Waals surface area contributed by atoms with Crippen LogP contribution in [-0.2, 0) is 16.6 Å². The molecule has 1 aromatic heterocycles. The third-order valence-electron chi connectivity index (χ3n) is 4.90. The Balaban J connectivity index is 1.94. The number of benzene rings is 2. The van der Waals surface area contributed by atoms with Crippen molar-refractivity contribution in [2.75, 3.05) is 14.2 Å². The van der Waals surface area contributed by atoms with E-state index in [2.05, 4.69) is 10.1 Å². The van der Waals surface area contributed by atoms with Gasteiger partial charge < -0.3 is 14.0 Å². The van der Waals surface area contributed by atoms with Gasteiger partial charge in [0.25, 0.3) is 0 Å². The average Bonchev–Trinajstić information content (AvgIpc) is 3.25. The van der Waals surface area contributed by atoms with Gasteiger partial charge in [0.05, 0.1) is 20.8 Å². The lowest BCUT2D eigenvalue weighted by Crippen LogP contribution is -2.38. The molecule has 0 aliphatic heterocycles. The molecule has 31 heavy (non-hydrogen) atoms. The number of ether oxygens (including phenoxy) is 2. The topological polar surface area (TPSA) is 94.8 Å². The maximum atomic E-state index is 13.5. The summed E-state index contributed by atoms with van der Waals surface area (Å²) in [6, 6.07) is 11.3. The molecule has 1 unspecified atom stereocenters. The van der Waals surface area contributed by atoms with Gasteiger partial charge in [-0.3, -0.25) is 0 Å². The predicted molar refractivity (Wildman–Crippen MR) is 117 cm³/mol. The van der Waals surface area contributed by atoms with E-state index in [1.54, 1.807) is 37.4 Å². The van der Waals surface area contributed by atoms with Gasteiger partial charge in [-0.15, -0.1) is 0 Å². The predicted octanol–water partition coefficient (Wildman–Crippen LogP) is 4.40.